The Labute approximate surface area is 94.8 Å². The molecule has 0 saturated carbocycles. The summed E-state index contributed by atoms with van der Waals surface area (Å²) in [7, 11) is 0. The van der Waals surface area contributed by atoms with E-state index in [1.807, 2.05) is 19.1 Å². The van der Waals surface area contributed by atoms with Gasteiger partial charge in [-0.2, -0.15) is 0 Å². The average molecular weight is 227 g/mol. The molecule has 1 aromatic rings. The van der Waals surface area contributed by atoms with Crippen molar-refractivity contribution in [2.45, 2.75) is 13.3 Å². The minimum Gasteiger partial charge on any atom is -0.0998 e. The van der Waals surface area contributed by atoms with Crippen LogP contribution in [-0.4, -0.2) is 0 Å². The van der Waals surface area contributed by atoms with Gasteiger partial charge in [-0.3, -0.25) is 0 Å². The Morgan fingerprint density at radius 2 is 1.93 bits per heavy atom. The highest BCUT2D eigenvalue weighted by molar-refractivity contribution is 6.35. The van der Waals surface area contributed by atoms with Gasteiger partial charge in [0.2, 0.25) is 0 Å². The van der Waals surface area contributed by atoms with E-state index in [9.17, 15) is 0 Å². The Morgan fingerprint density at radius 1 is 1.29 bits per heavy atom. The fraction of sp³-hybridized carbons (Fsp3) is 0.167. The van der Waals surface area contributed by atoms with Gasteiger partial charge in [-0.05, 0) is 36.6 Å². The molecule has 0 radical (unpaired) electrons. The normalized spacial score (nSPS) is 9.93. The van der Waals surface area contributed by atoms with Crippen LogP contribution in [0.2, 0.25) is 10.0 Å². The number of halogens is 2. The van der Waals surface area contributed by atoms with Crippen LogP contribution >= 0.6 is 23.2 Å². The fourth-order valence-electron chi connectivity index (χ4n) is 1.24. The Hall–Kier alpha value is -0.720. The molecule has 0 amide bonds. The van der Waals surface area contributed by atoms with Crippen molar-refractivity contribution in [1.29, 1.82) is 0 Å². The molecule has 0 N–H and O–H groups in total. The summed E-state index contributed by atoms with van der Waals surface area (Å²) in [4.78, 5) is 0. The van der Waals surface area contributed by atoms with Crippen molar-refractivity contribution in [3.05, 3.63) is 52.5 Å². The summed E-state index contributed by atoms with van der Waals surface area (Å²) in [5.74, 6) is 0. The molecule has 0 unspecified atom stereocenters. The standard InChI is InChI=1S/C12H12Cl2/c1-8(2)6-9(3)11-5-4-10(13)7-12(11)14/h4-5,7H,1,3,6H2,2H3. The monoisotopic (exact) mass is 226 g/mol. The third-order valence-corrected chi connectivity index (χ3v) is 2.38. The molecule has 0 saturated heterocycles. The molecule has 0 spiro atoms. The highest BCUT2D eigenvalue weighted by atomic mass is 35.5. The van der Waals surface area contributed by atoms with E-state index in [0.717, 1.165) is 23.1 Å². The van der Waals surface area contributed by atoms with Crippen molar-refractivity contribution in [1.82, 2.24) is 0 Å². The highest BCUT2D eigenvalue weighted by Gasteiger charge is 2.04. The molecular weight excluding hydrogens is 215 g/mol. The van der Waals surface area contributed by atoms with Gasteiger partial charge < -0.3 is 0 Å². The number of rotatable bonds is 3. The number of hydrogen-bond acceptors (Lipinski definition) is 0. The lowest BCUT2D eigenvalue weighted by Gasteiger charge is -2.07. The topological polar surface area (TPSA) is 0 Å². The van der Waals surface area contributed by atoms with E-state index in [1.54, 1.807) is 6.07 Å². The first kappa shape index (κ1) is 11.4. The van der Waals surface area contributed by atoms with E-state index >= 15 is 0 Å². The van der Waals surface area contributed by atoms with E-state index in [-0.39, 0.29) is 0 Å². The molecular formula is C12H12Cl2. The molecule has 0 aromatic heterocycles. The van der Waals surface area contributed by atoms with Crippen LogP contribution in [0.1, 0.15) is 18.9 Å². The van der Waals surface area contributed by atoms with E-state index in [1.165, 1.54) is 0 Å². The second-order valence-corrected chi connectivity index (χ2v) is 4.21. The number of allylic oxidation sites excluding steroid dienone is 2. The molecule has 0 bridgehead atoms. The summed E-state index contributed by atoms with van der Waals surface area (Å²) in [6, 6.07) is 5.42. The summed E-state index contributed by atoms with van der Waals surface area (Å²) in [5, 5.41) is 1.28. The Bertz CT molecular complexity index is 378. The van der Waals surface area contributed by atoms with Gasteiger partial charge in [0.05, 0.1) is 0 Å². The van der Waals surface area contributed by atoms with Crippen molar-refractivity contribution in [2.24, 2.45) is 0 Å². The Kier molecular flexibility index (Phi) is 3.79. The fourth-order valence-corrected chi connectivity index (χ4v) is 1.78. The van der Waals surface area contributed by atoms with Gasteiger partial charge in [0.25, 0.3) is 0 Å². The average Bonchev–Trinajstić information content (AvgIpc) is 2.01. The second kappa shape index (κ2) is 4.68. The molecule has 0 aliphatic heterocycles. The van der Waals surface area contributed by atoms with Crippen molar-refractivity contribution in [2.75, 3.05) is 0 Å². The minimum atomic E-state index is 0.641. The maximum Gasteiger partial charge on any atom is 0.0495 e. The van der Waals surface area contributed by atoms with Crippen LogP contribution in [0, 0.1) is 0 Å². The molecule has 0 aliphatic carbocycles. The minimum absolute atomic E-state index is 0.641. The van der Waals surface area contributed by atoms with Crippen molar-refractivity contribution in [3.8, 4) is 0 Å². The quantitative estimate of drug-likeness (QED) is 0.639. The third-order valence-electron chi connectivity index (χ3n) is 1.83. The predicted molar refractivity (Wildman–Crippen MR) is 64.9 cm³/mol. The maximum atomic E-state index is 6.03. The lowest BCUT2D eigenvalue weighted by Crippen LogP contribution is -1.85. The third kappa shape index (κ3) is 2.90. The molecule has 74 valence electrons. The van der Waals surface area contributed by atoms with Crippen molar-refractivity contribution >= 4 is 28.8 Å². The van der Waals surface area contributed by atoms with Crippen LogP contribution in [0.4, 0.5) is 0 Å². The second-order valence-electron chi connectivity index (χ2n) is 3.36. The molecule has 2 heteroatoms. The first-order valence-electron chi connectivity index (χ1n) is 4.28. The van der Waals surface area contributed by atoms with Gasteiger partial charge in [-0.25, -0.2) is 0 Å². The molecule has 0 aliphatic rings. The maximum absolute atomic E-state index is 6.03. The summed E-state index contributed by atoms with van der Waals surface area (Å²) in [5.41, 5.74) is 2.99. The van der Waals surface area contributed by atoms with Crippen LogP contribution < -0.4 is 0 Å². The van der Waals surface area contributed by atoms with E-state index < -0.39 is 0 Å². The van der Waals surface area contributed by atoms with Crippen LogP contribution in [0.15, 0.2) is 36.9 Å². The summed E-state index contributed by atoms with van der Waals surface area (Å²) in [6.45, 7) is 9.77. The zero-order valence-corrected chi connectivity index (χ0v) is 9.62. The Balaban J connectivity index is 2.96. The summed E-state index contributed by atoms with van der Waals surface area (Å²) < 4.78 is 0. The molecule has 1 rings (SSSR count). The molecule has 14 heavy (non-hydrogen) atoms. The lowest BCUT2D eigenvalue weighted by molar-refractivity contribution is 1.24. The van der Waals surface area contributed by atoms with E-state index in [4.69, 9.17) is 23.2 Å². The number of hydrogen-bond donors (Lipinski definition) is 0. The van der Waals surface area contributed by atoms with E-state index in [0.29, 0.717) is 10.0 Å². The molecule has 1 aromatic carbocycles. The Morgan fingerprint density at radius 3 is 2.43 bits per heavy atom. The van der Waals surface area contributed by atoms with E-state index in [2.05, 4.69) is 13.2 Å². The first-order valence-corrected chi connectivity index (χ1v) is 5.04. The molecule has 0 nitrogen and oxygen atoms in total. The molecule has 0 fully saturated rings. The smallest absolute Gasteiger partial charge is 0.0495 e. The molecule has 0 atom stereocenters. The van der Waals surface area contributed by atoms with Crippen LogP contribution in [-0.2, 0) is 0 Å². The van der Waals surface area contributed by atoms with Gasteiger partial charge in [-0.1, -0.05) is 48.0 Å². The van der Waals surface area contributed by atoms with Crippen molar-refractivity contribution in [3.63, 3.8) is 0 Å². The van der Waals surface area contributed by atoms with Gasteiger partial charge in [0.15, 0.2) is 0 Å². The largest absolute Gasteiger partial charge is 0.0998 e. The zero-order chi connectivity index (χ0) is 10.7. The number of benzene rings is 1. The van der Waals surface area contributed by atoms with Crippen molar-refractivity contribution < 1.29 is 0 Å². The highest BCUT2D eigenvalue weighted by Crippen LogP contribution is 2.29. The van der Waals surface area contributed by atoms with Gasteiger partial charge >= 0.3 is 0 Å². The zero-order valence-electron chi connectivity index (χ0n) is 8.11. The molecule has 0 heterocycles. The van der Waals surface area contributed by atoms with Gasteiger partial charge in [0, 0.05) is 10.0 Å². The lowest BCUT2D eigenvalue weighted by atomic mass is 10.0. The summed E-state index contributed by atoms with van der Waals surface area (Å²) >= 11 is 11.8. The summed E-state index contributed by atoms with van der Waals surface area (Å²) in [6.07, 6.45) is 0.765. The van der Waals surface area contributed by atoms with Crippen LogP contribution in [0.3, 0.4) is 0 Å². The van der Waals surface area contributed by atoms with Gasteiger partial charge in [0.1, 0.15) is 0 Å². The van der Waals surface area contributed by atoms with Crippen LogP contribution in [0.25, 0.3) is 5.57 Å². The predicted octanol–water partition coefficient (Wildman–Crippen LogP) is 4.97. The van der Waals surface area contributed by atoms with Crippen LogP contribution in [0.5, 0.6) is 0 Å². The SMILES string of the molecule is C=C(C)CC(=C)c1ccc(Cl)cc1Cl. The first-order chi connectivity index (χ1) is 6.50. The van der Waals surface area contributed by atoms with Gasteiger partial charge in [-0.15, -0.1) is 0 Å².